The smallest absolute Gasteiger partial charge is 0.191 e. The summed E-state index contributed by atoms with van der Waals surface area (Å²) in [7, 11) is 1.63. The lowest BCUT2D eigenvalue weighted by molar-refractivity contribution is 0.414. The van der Waals surface area contributed by atoms with Gasteiger partial charge < -0.3 is 4.74 Å². The molecule has 0 saturated carbocycles. The van der Waals surface area contributed by atoms with E-state index in [0.29, 0.717) is 17.8 Å². The molecule has 1 N–H and O–H groups in total. The highest BCUT2D eigenvalue weighted by Crippen LogP contribution is 2.22. The Kier molecular flexibility index (Phi) is 4.68. The standard InChI is InChI=1S/C19H16N4O/c1-24-16-9-7-14(8-10-16)11-18-17(12-20)19(23-22-18)21-13-15-5-3-2-4-6-15/h2-10,13H,11H2,1H3,(H,22,23). The fourth-order valence-corrected chi connectivity index (χ4v) is 2.33. The second-order valence-corrected chi connectivity index (χ2v) is 5.21. The van der Waals surface area contributed by atoms with Gasteiger partial charge in [0.2, 0.25) is 0 Å². The highest BCUT2D eigenvalue weighted by Gasteiger charge is 2.12. The number of hydrogen-bond donors (Lipinski definition) is 1. The average molecular weight is 316 g/mol. The number of aromatic nitrogens is 2. The molecule has 1 aromatic heterocycles. The molecule has 0 unspecified atom stereocenters. The molecule has 2 aromatic carbocycles. The van der Waals surface area contributed by atoms with Crippen LogP contribution in [0.5, 0.6) is 5.75 Å². The van der Waals surface area contributed by atoms with Gasteiger partial charge in [-0.2, -0.15) is 10.4 Å². The molecule has 3 aromatic rings. The van der Waals surface area contributed by atoms with E-state index in [-0.39, 0.29) is 0 Å². The van der Waals surface area contributed by atoms with E-state index >= 15 is 0 Å². The number of H-pyrrole nitrogens is 1. The van der Waals surface area contributed by atoms with Crippen molar-refractivity contribution in [2.75, 3.05) is 7.11 Å². The number of aromatic amines is 1. The van der Waals surface area contributed by atoms with Crippen molar-refractivity contribution in [3.05, 3.63) is 77.0 Å². The van der Waals surface area contributed by atoms with Crippen LogP contribution in [0.2, 0.25) is 0 Å². The highest BCUT2D eigenvalue weighted by molar-refractivity contribution is 5.82. The van der Waals surface area contributed by atoms with Gasteiger partial charge in [0.15, 0.2) is 5.82 Å². The number of benzene rings is 2. The Bertz CT molecular complexity index is 874. The van der Waals surface area contributed by atoms with Crippen LogP contribution in [0, 0.1) is 11.3 Å². The number of nitriles is 1. The summed E-state index contributed by atoms with van der Waals surface area (Å²) in [6.45, 7) is 0. The third kappa shape index (κ3) is 3.50. The zero-order valence-electron chi connectivity index (χ0n) is 13.2. The summed E-state index contributed by atoms with van der Waals surface area (Å²) in [5.74, 6) is 1.21. The predicted octanol–water partition coefficient (Wildman–Crippen LogP) is 3.63. The first-order valence-electron chi connectivity index (χ1n) is 7.49. The molecule has 0 spiro atoms. The molecule has 0 radical (unpaired) electrons. The SMILES string of the molecule is COc1ccc(Cc2[nH]nc(N=Cc3ccccc3)c2C#N)cc1. The van der Waals surface area contributed by atoms with Gasteiger partial charge in [0.1, 0.15) is 17.4 Å². The van der Waals surface area contributed by atoms with Crippen molar-refractivity contribution in [3.8, 4) is 11.8 Å². The van der Waals surface area contributed by atoms with Crippen LogP contribution < -0.4 is 4.74 Å². The second-order valence-electron chi connectivity index (χ2n) is 5.21. The van der Waals surface area contributed by atoms with E-state index in [1.54, 1.807) is 13.3 Å². The number of ether oxygens (including phenoxy) is 1. The summed E-state index contributed by atoms with van der Waals surface area (Å²) in [5, 5.41) is 16.5. The highest BCUT2D eigenvalue weighted by atomic mass is 16.5. The Balaban J connectivity index is 1.81. The first-order valence-corrected chi connectivity index (χ1v) is 7.49. The maximum absolute atomic E-state index is 9.44. The molecule has 0 fully saturated rings. The Morgan fingerprint density at radius 3 is 2.58 bits per heavy atom. The zero-order valence-corrected chi connectivity index (χ0v) is 13.2. The van der Waals surface area contributed by atoms with Crippen LogP contribution in [-0.4, -0.2) is 23.5 Å². The fraction of sp³-hybridized carbons (Fsp3) is 0.105. The van der Waals surface area contributed by atoms with Crippen molar-refractivity contribution in [2.45, 2.75) is 6.42 Å². The van der Waals surface area contributed by atoms with Gasteiger partial charge >= 0.3 is 0 Å². The van der Waals surface area contributed by atoms with E-state index in [9.17, 15) is 5.26 Å². The zero-order chi connectivity index (χ0) is 16.8. The molecule has 0 aliphatic heterocycles. The molecule has 118 valence electrons. The molecular weight excluding hydrogens is 300 g/mol. The van der Waals surface area contributed by atoms with Crippen LogP contribution in [0.15, 0.2) is 59.6 Å². The summed E-state index contributed by atoms with van der Waals surface area (Å²) in [6.07, 6.45) is 2.29. The largest absolute Gasteiger partial charge is 0.497 e. The Morgan fingerprint density at radius 1 is 1.17 bits per heavy atom. The summed E-state index contributed by atoms with van der Waals surface area (Å²) in [5.41, 5.74) is 3.25. The molecule has 3 rings (SSSR count). The molecule has 24 heavy (non-hydrogen) atoms. The number of aliphatic imine (C=N–C) groups is 1. The summed E-state index contributed by atoms with van der Waals surface area (Å²) in [4.78, 5) is 4.33. The van der Waals surface area contributed by atoms with Crippen LogP contribution in [0.4, 0.5) is 5.82 Å². The summed E-state index contributed by atoms with van der Waals surface area (Å²) >= 11 is 0. The minimum absolute atomic E-state index is 0.407. The van der Waals surface area contributed by atoms with Gasteiger partial charge in [0.05, 0.1) is 12.8 Å². The Hall–Kier alpha value is -3.39. The van der Waals surface area contributed by atoms with Gasteiger partial charge in [-0.25, -0.2) is 4.99 Å². The van der Waals surface area contributed by atoms with E-state index in [4.69, 9.17) is 4.74 Å². The third-order valence-electron chi connectivity index (χ3n) is 3.61. The van der Waals surface area contributed by atoms with Gasteiger partial charge in [-0.3, -0.25) is 5.10 Å². The van der Waals surface area contributed by atoms with E-state index in [1.165, 1.54) is 0 Å². The minimum atomic E-state index is 0.407. The maximum Gasteiger partial charge on any atom is 0.191 e. The molecule has 0 saturated heterocycles. The topological polar surface area (TPSA) is 74.1 Å². The quantitative estimate of drug-likeness (QED) is 0.730. The predicted molar refractivity (Wildman–Crippen MR) is 92.8 cm³/mol. The molecular formula is C19H16N4O. The molecule has 5 heteroatoms. The maximum atomic E-state index is 9.44. The summed E-state index contributed by atoms with van der Waals surface area (Å²) < 4.78 is 5.15. The number of methoxy groups -OCH3 is 1. The number of rotatable bonds is 5. The molecule has 0 aliphatic rings. The minimum Gasteiger partial charge on any atom is -0.497 e. The third-order valence-corrected chi connectivity index (χ3v) is 3.61. The van der Waals surface area contributed by atoms with Crippen LogP contribution in [-0.2, 0) is 6.42 Å². The van der Waals surface area contributed by atoms with Gasteiger partial charge in [-0.05, 0) is 23.3 Å². The first kappa shape index (κ1) is 15.5. The van der Waals surface area contributed by atoms with Crippen molar-refractivity contribution < 1.29 is 4.74 Å². The van der Waals surface area contributed by atoms with E-state index < -0.39 is 0 Å². The first-order chi connectivity index (χ1) is 11.8. The Labute approximate surface area is 140 Å². The molecule has 1 heterocycles. The molecule has 0 bridgehead atoms. The van der Waals surface area contributed by atoms with Crippen LogP contribution in [0.3, 0.4) is 0 Å². The van der Waals surface area contributed by atoms with Gasteiger partial charge in [0, 0.05) is 12.6 Å². The normalized spacial score (nSPS) is 10.7. The molecule has 0 aliphatic carbocycles. The van der Waals surface area contributed by atoms with Gasteiger partial charge in [-0.1, -0.05) is 42.5 Å². The lowest BCUT2D eigenvalue weighted by Gasteiger charge is -2.02. The Morgan fingerprint density at radius 2 is 1.92 bits per heavy atom. The average Bonchev–Trinajstić information content (AvgIpc) is 3.03. The monoisotopic (exact) mass is 316 g/mol. The van der Waals surface area contributed by atoms with Crippen molar-refractivity contribution in [1.82, 2.24) is 10.2 Å². The molecule has 0 amide bonds. The van der Waals surface area contributed by atoms with Crippen LogP contribution in [0.25, 0.3) is 0 Å². The van der Waals surface area contributed by atoms with Crippen LogP contribution in [0.1, 0.15) is 22.4 Å². The molecule has 0 atom stereocenters. The van der Waals surface area contributed by atoms with E-state index in [1.807, 2.05) is 54.6 Å². The second kappa shape index (κ2) is 7.25. The fourth-order valence-electron chi connectivity index (χ4n) is 2.33. The lowest BCUT2D eigenvalue weighted by atomic mass is 10.1. The van der Waals surface area contributed by atoms with E-state index in [0.717, 1.165) is 22.6 Å². The van der Waals surface area contributed by atoms with Gasteiger partial charge in [0.25, 0.3) is 0 Å². The number of nitrogens with zero attached hydrogens (tertiary/aromatic N) is 3. The van der Waals surface area contributed by atoms with Crippen molar-refractivity contribution in [2.24, 2.45) is 4.99 Å². The van der Waals surface area contributed by atoms with Crippen molar-refractivity contribution >= 4 is 12.0 Å². The van der Waals surface area contributed by atoms with E-state index in [2.05, 4.69) is 21.3 Å². The summed E-state index contributed by atoms with van der Waals surface area (Å²) in [6, 6.07) is 19.6. The van der Waals surface area contributed by atoms with Crippen LogP contribution >= 0.6 is 0 Å². The lowest BCUT2D eigenvalue weighted by Crippen LogP contribution is -1.92. The van der Waals surface area contributed by atoms with Crippen molar-refractivity contribution in [1.29, 1.82) is 5.26 Å². The number of hydrogen-bond acceptors (Lipinski definition) is 4. The number of nitrogens with one attached hydrogen (secondary N) is 1. The van der Waals surface area contributed by atoms with Crippen molar-refractivity contribution in [3.63, 3.8) is 0 Å². The molecule has 5 nitrogen and oxygen atoms in total. The van der Waals surface area contributed by atoms with Gasteiger partial charge in [-0.15, -0.1) is 0 Å².